The topological polar surface area (TPSA) is 84.2 Å². The van der Waals surface area contributed by atoms with Gasteiger partial charge in [0.25, 0.3) is 5.91 Å². The average Bonchev–Trinajstić information content (AvgIpc) is 3.02. The molecule has 1 aromatic carbocycles. The Morgan fingerprint density at radius 3 is 2.76 bits per heavy atom. The highest BCUT2D eigenvalue weighted by Crippen LogP contribution is 2.15. The molecule has 6 nitrogen and oxygen atoms in total. The predicted octanol–water partition coefficient (Wildman–Crippen LogP) is 2.80. The van der Waals surface area contributed by atoms with Gasteiger partial charge in [0.1, 0.15) is 6.04 Å². The molecule has 2 rings (SSSR count). The number of thioether (sulfide) groups is 1. The zero-order valence-electron chi connectivity index (χ0n) is 14.0. The summed E-state index contributed by atoms with van der Waals surface area (Å²) < 4.78 is 5.07. The summed E-state index contributed by atoms with van der Waals surface area (Å²) in [6, 6.07) is 7.83. The number of nitrogens with one attached hydrogen (secondary N) is 2. The van der Waals surface area contributed by atoms with Crippen molar-refractivity contribution in [2.75, 3.05) is 12.0 Å². The summed E-state index contributed by atoms with van der Waals surface area (Å²) in [7, 11) is 0. The van der Waals surface area contributed by atoms with E-state index < -0.39 is 6.04 Å². The van der Waals surface area contributed by atoms with Crippen LogP contribution in [-0.2, 0) is 11.3 Å². The normalized spacial score (nSPS) is 11.8. The first-order chi connectivity index (χ1) is 12.0. The molecule has 0 aliphatic carbocycles. The average molecular weight is 382 g/mol. The van der Waals surface area contributed by atoms with Gasteiger partial charge in [0, 0.05) is 6.07 Å². The Morgan fingerprint density at radius 2 is 2.12 bits per heavy atom. The van der Waals surface area contributed by atoms with Crippen LogP contribution < -0.4 is 10.6 Å². The van der Waals surface area contributed by atoms with Crippen LogP contribution in [0.15, 0.2) is 34.9 Å². The van der Waals surface area contributed by atoms with Crippen molar-refractivity contribution in [2.24, 2.45) is 0 Å². The van der Waals surface area contributed by atoms with Crippen LogP contribution in [0.4, 0.5) is 0 Å². The highest BCUT2D eigenvalue weighted by Gasteiger charge is 2.22. The van der Waals surface area contributed by atoms with Gasteiger partial charge in [0.05, 0.1) is 22.8 Å². The standard InChI is InChI=1S/C17H20ClN3O3S/c1-11-9-12(24-21-11)10-19-17(23)15(7-8-25-2)20-16(22)13-5-3-4-6-14(13)18/h3-6,9,15H,7-8,10H2,1-2H3,(H,19,23)(H,20,22). The Kier molecular flexibility index (Phi) is 7.33. The molecule has 8 heteroatoms. The third kappa shape index (κ3) is 5.79. The summed E-state index contributed by atoms with van der Waals surface area (Å²) in [6.45, 7) is 2.03. The Balaban J connectivity index is 2.00. The predicted molar refractivity (Wildman–Crippen MR) is 98.8 cm³/mol. The second-order valence-electron chi connectivity index (χ2n) is 5.44. The maximum atomic E-state index is 12.5. The van der Waals surface area contributed by atoms with Crippen molar-refractivity contribution >= 4 is 35.2 Å². The van der Waals surface area contributed by atoms with Gasteiger partial charge in [-0.15, -0.1) is 0 Å². The first-order valence-electron chi connectivity index (χ1n) is 7.75. The van der Waals surface area contributed by atoms with Crippen molar-refractivity contribution in [1.82, 2.24) is 15.8 Å². The third-order valence-electron chi connectivity index (χ3n) is 3.46. The lowest BCUT2D eigenvalue weighted by Gasteiger charge is -2.18. The first-order valence-corrected chi connectivity index (χ1v) is 9.52. The van der Waals surface area contributed by atoms with E-state index in [9.17, 15) is 9.59 Å². The summed E-state index contributed by atoms with van der Waals surface area (Å²) in [4.78, 5) is 24.9. The molecule has 0 spiro atoms. The number of amides is 2. The maximum Gasteiger partial charge on any atom is 0.253 e. The van der Waals surface area contributed by atoms with E-state index >= 15 is 0 Å². The Morgan fingerprint density at radius 1 is 1.36 bits per heavy atom. The van der Waals surface area contributed by atoms with Crippen LogP contribution in [0.25, 0.3) is 0 Å². The second-order valence-corrected chi connectivity index (χ2v) is 6.83. The zero-order chi connectivity index (χ0) is 18.2. The molecule has 2 N–H and O–H groups in total. The van der Waals surface area contributed by atoms with E-state index in [4.69, 9.17) is 16.1 Å². The molecule has 0 bridgehead atoms. The number of carbonyl (C=O) groups is 2. The van der Waals surface area contributed by atoms with Crippen LogP contribution in [0.2, 0.25) is 5.02 Å². The number of halogens is 1. The lowest BCUT2D eigenvalue weighted by molar-refractivity contribution is -0.123. The summed E-state index contributed by atoms with van der Waals surface area (Å²) in [5.74, 6) is 0.653. The summed E-state index contributed by atoms with van der Waals surface area (Å²) in [6.07, 6.45) is 2.46. The lowest BCUT2D eigenvalue weighted by atomic mass is 10.1. The van der Waals surface area contributed by atoms with Crippen LogP contribution in [-0.4, -0.2) is 35.0 Å². The van der Waals surface area contributed by atoms with Gasteiger partial charge in [-0.3, -0.25) is 9.59 Å². The van der Waals surface area contributed by atoms with Crippen molar-refractivity contribution in [3.05, 3.63) is 52.4 Å². The van der Waals surface area contributed by atoms with Crippen molar-refractivity contribution in [2.45, 2.75) is 25.9 Å². The number of benzene rings is 1. The van der Waals surface area contributed by atoms with E-state index in [-0.39, 0.29) is 18.4 Å². The van der Waals surface area contributed by atoms with Gasteiger partial charge >= 0.3 is 0 Å². The second kappa shape index (κ2) is 9.48. The molecule has 0 saturated carbocycles. The van der Waals surface area contributed by atoms with Crippen molar-refractivity contribution in [3.8, 4) is 0 Å². The molecule has 1 aromatic heterocycles. The van der Waals surface area contributed by atoms with Crippen molar-refractivity contribution in [1.29, 1.82) is 0 Å². The molecular weight excluding hydrogens is 362 g/mol. The summed E-state index contributed by atoms with van der Waals surface area (Å²) in [5.41, 5.74) is 1.09. The monoisotopic (exact) mass is 381 g/mol. The molecule has 1 unspecified atom stereocenters. The molecule has 0 saturated heterocycles. The molecule has 1 heterocycles. The van der Waals surface area contributed by atoms with Gasteiger partial charge in [-0.1, -0.05) is 28.9 Å². The molecule has 25 heavy (non-hydrogen) atoms. The van der Waals surface area contributed by atoms with Gasteiger partial charge in [-0.25, -0.2) is 0 Å². The van der Waals surface area contributed by atoms with Crippen LogP contribution in [0, 0.1) is 6.92 Å². The third-order valence-corrected chi connectivity index (χ3v) is 4.44. The van der Waals surface area contributed by atoms with Crippen LogP contribution in [0.3, 0.4) is 0 Å². The minimum absolute atomic E-state index is 0.220. The van der Waals surface area contributed by atoms with Crippen LogP contribution in [0.1, 0.15) is 28.2 Å². The van der Waals surface area contributed by atoms with Crippen LogP contribution >= 0.6 is 23.4 Å². The fourth-order valence-corrected chi connectivity index (χ4v) is 2.88. The van der Waals surface area contributed by atoms with Crippen molar-refractivity contribution in [3.63, 3.8) is 0 Å². The fourth-order valence-electron chi connectivity index (χ4n) is 2.18. The Hall–Kier alpha value is -1.99. The lowest BCUT2D eigenvalue weighted by Crippen LogP contribution is -2.46. The van der Waals surface area contributed by atoms with E-state index in [0.29, 0.717) is 22.8 Å². The fraction of sp³-hybridized carbons (Fsp3) is 0.353. The Bertz CT molecular complexity index is 735. The number of hydrogen-bond donors (Lipinski definition) is 2. The van der Waals surface area contributed by atoms with Gasteiger partial charge in [-0.2, -0.15) is 11.8 Å². The number of nitrogens with zero attached hydrogens (tertiary/aromatic N) is 1. The zero-order valence-corrected chi connectivity index (χ0v) is 15.6. The van der Waals surface area contributed by atoms with E-state index in [1.54, 1.807) is 49.0 Å². The highest BCUT2D eigenvalue weighted by molar-refractivity contribution is 7.98. The van der Waals surface area contributed by atoms with Gasteiger partial charge in [-0.05, 0) is 37.5 Å². The SMILES string of the molecule is CSCCC(NC(=O)c1ccccc1Cl)C(=O)NCc1cc(C)no1. The van der Waals surface area contributed by atoms with E-state index in [1.807, 2.05) is 6.26 Å². The number of aromatic nitrogens is 1. The molecule has 0 fully saturated rings. The highest BCUT2D eigenvalue weighted by atomic mass is 35.5. The minimum atomic E-state index is -0.653. The van der Waals surface area contributed by atoms with Crippen molar-refractivity contribution < 1.29 is 14.1 Å². The van der Waals surface area contributed by atoms with Gasteiger partial charge in [0.2, 0.25) is 5.91 Å². The number of carbonyl (C=O) groups excluding carboxylic acids is 2. The molecular formula is C17H20ClN3O3S. The van der Waals surface area contributed by atoms with Gasteiger partial charge < -0.3 is 15.2 Å². The van der Waals surface area contributed by atoms with E-state index in [0.717, 1.165) is 11.4 Å². The number of hydrogen-bond acceptors (Lipinski definition) is 5. The molecule has 2 aromatic rings. The largest absolute Gasteiger partial charge is 0.359 e. The number of aryl methyl sites for hydroxylation is 1. The molecule has 0 aliphatic rings. The first kappa shape index (κ1) is 19.3. The molecule has 134 valence electrons. The summed E-state index contributed by atoms with van der Waals surface area (Å²) in [5, 5.41) is 9.64. The molecule has 0 aliphatic heterocycles. The van der Waals surface area contributed by atoms with Crippen LogP contribution in [0.5, 0.6) is 0 Å². The molecule has 0 radical (unpaired) electrons. The molecule has 1 atom stereocenters. The van der Waals surface area contributed by atoms with Gasteiger partial charge in [0.15, 0.2) is 5.76 Å². The van der Waals surface area contributed by atoms with E-state index in [2.05, 4.69) is 15.8 Å². The summed E-state index contributed by atoms with van der Waals surface area (Å²) >= 11 is 7.65. The maximum absolute atomic E-state index is 12.5. The quantitative estimate of drug-likeness (QED) is 0.734. The molecule has 2 amide bonds. The minimum Gasteiger partial charge on any atom is -0.359 e. The Labute approximate surface area is 155 Å². The smallest absolute Gasteiger partial charge is 0.253 e. The van der Waals surface area contributed by atoms with E-state index in [1.165, 1.54) is 0 Å². The number of rotatable bonds is 8.